The molecule has 0 aliphatic heterocycles. The number of ether oxygens (including phenoxy) is 3. The van der Waals surface area contributed by atoms with Crippen molar-refractivity contribution in [1.29, 1.82) is 0 Å². The minimum absolute atomic E-state index is 0.113. The highest BCUT2D eigenvalue weighted by atomic mass is 16.6. The second kappa shape index (κ2) is 7.98. The molecule has 0 heterocycles. The molecule has 4 rings (SSSR count). The molecule has 2 aromatic rings. The van der Waals surface area contributed by atoms with Crippen LogP contribution in [-0.2, 0) is 38.4 Å². The number of methoxy groups -OCH3 is 2. The van der Waals surface area contributed by atoms with Gasteiger partial charge in [0.2, 0.25) is 0 Å². The van der Waals surface area contributed by atoms with E-state index in [9.17, 15) is 19.8 Å². The Hall–Kier alpha value is -2.90. The predicted octanol–water partition coefficient (Wildman–Crippen LogP) is 2.52. The number of hydrogen-bond donors (Lipinski definition) is 2. The molecular weight excluding hydrogens is 400 g/mol. The van der Waals surface area contributed by atoms with Crippen LogP contribution in [0.25, 0.3) is 0 Å². The monoisotopic (exact) mass is 426 g/mol. The molecule has 0 spiro atoms. The maximum atomic E-state index is 13.0. The van der Waals surface area contributed by atoms with Gasteiger partial charge in [-0.1, -0.05) is 12.1 Å². The summed E-state index contributed by atoms with van der Waals surface area (Å²) in [6, 6.07) is 10.3. The lowest BCUT2D eigenvalue weighted by atomic mass is 9.78. The van der Waals surface area contributed by atoms with Gasteiger partial charge in [-0.15, -0.1) is 0 Å². The molecule has 7 nitrogen and oxygen atoms in total. The highest BCUT2D eigenvalue weighted by molar-refractivity contribution is 5.95. The lowest BCUT2D eigenvalue weighted by Gasteiger charge is -2.35. The van der Waals surface area contributed by atoms with Gasteiger partial charge >= 0.3 is 11.9 Å². The summed E-state index contributed by atoms with van der Waals surface area (Å²) in [5.41, 5.74) is -1.64. The summed E-state index contributed by atoms with van der Waals surface area (Å²) in [6.07, 6.45) is 2.73. The standard InChI is InChI=1S/C24H26O7/c1-29-17-9-7-15-5-3-11-23(27,19(15)13-17)21(25)31-22(26)24(28)12-4-6-16-8-10-18(30-2)14-20(16)24/h7-10,13-14,27-28H,3-6,11-12H2,1-2H3. The van der Waals surface area contributed by atoms with Crippen molar-refractivity contribution in [2.24, 2.45) is 0 Å². The minimum atomic E-state index is -1.99. The zero-order chi connectivity index (χ0) is 22.2. The molecule has 0 fully saturated rings. The van der Waals surface area contributed by atoms with Crippen LogP contribution in [0.4, 0.5) is 0 Å². The second-order valence-corrected chi connectivity index (χ2v) is 8.15. The molecule has 2 aromatic carbocycles. The Bertz CT molecular complexity index is 949. The predicted molar refractivity (Wildman–Crippen MR) is 111 cm³/mol. The molecule has 2 unspecified atom stereocenters. The molecule has 2 aliphatic rings. The van der Waals surface area contributed by atoms with E-state index < -0.39 is 23.1 Å². The Morgan fingerprint density at radius 3 is 1.58 bits per heavy atom. The van der Waals surface area contributed by atoms with Crippen molar-refractivity contribution in [2.75, 3.05) is 14.2 Å². The van der Waals surface area contributed by atoms with Crippen LogP contribution in [0.2, 0.25) is 0 Å². The highest BCUT2D eigenvalue weighted by Crippen LogP contribution is 2.41. The number of aryl methyl sites for hydroxylation is 2. The van der Waals surface area contributed by atoms with Crippen molar-refractivity contribution >= 4 is 11.9 Å². The van der Waals surface area contributed by atoms with Gasteiger partial charge in [0, 0.05) is 11.1 Å². The Morgan fingerprint density at radius 1 is 0.774 bits per heavy atom. The largest absolute Gasteiger partial charge is 0.497 e. The Kier molecular flexibility index (Phi) is 5.49. The van der Waals surface area contributed by atoms with E-state index >= 15 is 0 Å². The lowest BCUT2D eigenvalue weighted by Crippen LogP contribution is -2.46. The molecule has 31 heavy (non-hydrogen) atoms. The fourth-order valence-corrected chi connectivity index (χ4v) is 4.59. The van der Waals surface area contributed by atoms with Gasteiger partial charge in [0.15, 0.2) is 11.2 Å². The summed E-state index contributed by atoms with van der Waals surface area (Å²) in [7, 11) is 2.99. The van der Waals surface area contributed by atoms with E-state index in [0.29, 0.717) is 48.3 Å². The Balaban J connectivity index is 1.64. The van der Waals surface area contributed by atoms with E-state index in [4.69, 9.17) is 14.2 Å². The molecule has 0 bridgehead atoms. The van der Waals surface area contributed by atoms with E-state index in [1.165, 1.54) is 14.2 Å². The number of esters is 2. The number of hydrogen-bond acceptors (Lipinski definition) is 7. The maximum absolute atomic E-state index is 13.0. The molecular formula is C24H26O7. The zero-order valence-corrected chi connectivity index (χ0v) is 17.6. The van der Waals surface area contributed by atoms with E-state index in [1.807, 2.05) is 0 Å². The topological polar surface area (TPSA) is 102 Å². The van der Waals surface area contributed by atoms with Gasteiger partial charge < -0.3 is 24.4 Å². The van der Waals surface area contributed by atoms with Crippen LogP contribution < -0.4 is 9.47 Å². The molecule has 0 aromatic heterocycles. The molecule has 7 heteroatoms. The Labute approximate surface area is 180 Å². The second-order valence-electron chi connectivity index (χ2n) is 8.15. The third-order valence-electron chi connectivity index (χ3n) is 6.36. The van der Waals surface area contributed by atoms with Crippen molar-refractivity contribution in [3.05, 3.63) is 58.7 Å². The highest BCUT2D eigenvalue weighted by Gasteiger charge is 2.49. The average Bonchev–Trinajstić information content (AvgIpc) is 2.79. The number of carbonyl (C=O) groups is 2. The SMILES string of the molecule is COc1ccc2c(c1)C(O)(C(=O)OC(=O)C1(O)CCCc3ccc(OC)cc31)CCC2. The number of benzene rings is 2. The van der Waals surface area contributed by atoms with Crippen molar-refractivity contribution < 1.29 is 34.0 Å². The first kappa shape index (κ1) is 21.3. The third kappa shape index (κ3) is 3.58. The van der Waals surface area contributed by atoms with Crippen LogP contribution in [-0.4, -0.2) is 36.4 Å². The first-order valence-electron chi connectivity index (χ1n) is 10.4. The average molecular weight is 426 g/mol. The van der Waals surface area contributed by atoms with Crippen LogP contribution in [0.3, 0.4) is 0 Å². The molecule has 164 valence electrons. The fourth-order valence-electron chi connectivity index (χ4n) is 4.59. The van der Waals surface area contributed by atoms with E-state index in [0.717, 1.165) is 11.1 Å². The first-order valence-corrected chi connectivity index (χ1v) is 10.4. The van der Waals surface area contributed by atoms with Crippen molar-refractivity contribution in [3.8, 4) is 11.5 Å². The summed E-state index contributed by atoms with van der Waals surface area (Å²) in [4.78, 5) is 26.1. The van der Waals surface area contributed by atoms with Crippen molar-refractivity contribution in [1.82, 2.24) is 0 Å². The summed E-state index contributed by atoms with van der Waals surface area (Å²) < 4.78 is 15.6. The first-order chi connectivity index (χ1) is 14.8. The number of aliphatic hydroxyl groups is 2. The molecule has 0 radical (unpaired) electrons. The van der Waals surface area contributed by atoms with Gasteiger partial charge in [0.05, 0.1) is 14.2 Å². The smallest absolute Gasteiger partial charge is 0.350 e. The summed E-state index contributed by atoms with van der Waals surface area (Å²) >= 11 is 0. The molecule has 2 aliphatic carbocycles. The molecule has 0 saturated heterocycles. The van der Waals surface area contributed by atoms with Crippen LogP contribution in [0, 0.1) is 0 Å². The number of rotatable bonds is 4. The quantitative estimate of drug-likeness (QED) is 0.572. The van der Waals surface area contributed by atoms with E-state index in [1.54, 1.807) is 36.4 Å². The number of fused-ring (bicyclic) bond motifs is 2. The van der Waals surface area contributed by atoms with Crippen molar-refractivity contribution in [3.63, 3.8) is 0 Å². The maximum Gasteiger partial charge on any atom is 0.350 e. The van der Waals surface area contributed by atoms with Gasteiger partial charge in [-0.05, 0) is 73.9 Å². The molecule has 0 amide bonds. The Morgan fingerprint density at radius 2 is 1.19 bits per heavy atom. The summed E-state index contributed by atoms with van der Waals surface area (Å²) in [5, 5.41) is 22.5. The lowest BCUT2D eigenvalue weighted by molar-refractivity contribution is -0.188. The summed E-state index contributed by atoms with van der Waals surface area (Å²) in [5.74, 6) is -1.19. The van der Waals surface area contributed by atoms with Gasteiger partial charge in [-0.3, -0.25) is 0 Å². The minimum Gasteiger partial charge on any atom is -0.497 e. The molecule has 0 saturated carbocycles. The van der Waals surface area contributed by atoms with Gasteiger partial charge in [0.1, 0.15) is 11.5 Å². The van der Waals surface area contributed by atoms with Crippen LogP contribution in [0.5, 0.6) is 11.5 Å². The van der Waals surface area contributed by atoms with E-state index in [2.05, 4.69) is 0 Å². The van der Waals surface area contributed by atoms with Gasteiger partial charge in [0.25, 0.3) is 0 Å². The van der Waals surface area contributed by atoms with Gasteiger partial charge in [-0.25, -0.2) is 9.59 Å². The van der Waals surface area contributed by atoms with Crippen molar-refractivity contribution in [2.45, 2.75) is 49.7 Å². The van der Waals surface area contributed by atoms with Crippen LogP contribution in [0.1, 0.15) is 47.9 Å². The third-order valence-corrected chi connectivity index (χ3v) is 6.36. The number of carbonyl (C=O) groups excluding carboxylic acids is 2. The zero-order valence-electron chi connectivity index (χ0n) is 17.6. The van der Waals surface area contributed by atoms with Gasteiger partial charge in [-0.2, -0.15) is 0 Å². The summed E-state index contributed by atoms with van der Waals surface area (Å²) in [6.45, 7) is 0. The van der Waals surface area contributed by atoms with Crippen LogP contribution in [0.15, 0.2) is 36.4 Å². The molecule has 2 atom stereocenters. The van der Waals surface area contributed by atoms with E-state index in [-0.39, 0.29) is 12.8 Å². The molecule has 2 N–H and O–H groups in total. The fraction of sp³-hybridized carbons (Fsp3) is 0.417. The van der Waals surface area contributed by atoms with Crippen LogP contribution >= 0.6 is 0 Å². The normalized spacial score (nSPS) is 24.5.